The molecule has 22 heavy (non-hydrogen) atoms. The second-order valence-corrected chi connectivity index (χ2v) is 6.86. The van der Waals surface area contributed by atoms with Gasteiger partial charge in [0.15, 0.2) is 0 Å². The van der Waals surface area contributed by atoms with E-state index in [1.165, 1.54) is 24.8 Å². The fourth-order valence-corrected chi connectivity index (χ4v) is 3.97. The lowest BCUT2D eigenvalue weighted by Gasteiger charge is -2.42. The van der Waals surface area contributed by atoms with E-state index in [2.05, 4.69) is 26.0 Å². The molecule has 0 amide bonds. The minimum Gasteiger partial charge on any atom is -0.496 e. The lowest BCUT2D eigenvalue weighted by atomic mass is 9.63. The highest BCUT2D eigenvalue weighted by Crippen LogP contribution is 2.46. The van der Waals surface area contributed by atoms with E-state index in [0.717, 1.165) is 30.1 Å². The molecule has 0 aliphatic heterocycles. The first-order chi connectivity index (χ1) is 10.5. The van der Waals surface area contributed by atoms with Crippen LogP contribution >= 0.6 is 0 Å². The van der Waals surface area contributed by atoms with Crippen LogP contribution < -0.4 is 4.74 Å². The van der Waals surface area contributed by atoms with Crippen molar-refractivity contribution in [1.29, 1.82) is 0 Å². The van der Waals surface area contributed by atoms with Crippen LogP contribution in [0.1, 0.15) is 56.6 Å². The van der Waals surface area contributed by atoms with Crippen molar-refractivity contribution in [3.63, 3.8) is 0 Å². The van der Waals surface area contributed by atoms with Crippen molar-refractivity contribution in [2.24, 2.45) is 5.92 Å². The fourth-order valence-electron chi connectivity index (χ4n) is 3.97. The van der Waals surface area contributed by atoms with Gasteiger partial charge in [0, 0.05) is 0 Å². The van der Waals surface area contributed by atoms with Crippen molar-refractivity contribution in [3.8, 4) is 5.75 Å². The van der Waals surface area contributed by atoms with E-state index >= 15 is 0 Å². The number of hydrogen-bond donors (Lipinski definition) is 2. The molecule has 0 spiro atoms. The molecule has 124 valence electrons. The van der Waals surface area contributed by atoms with E-state index in [1.807, 2.05) is 6.07 Å². The Bertz CT molecular complexity index is 476. The zero-order valence-corrected chi connectivity index (χ0v) is 14.1. The van der Waals surface area contributed by atoms with E-state index in [-0.39, 0.29) is 12.0 Å². The highest BCUT2D eigenvalue weighted by Gasteiger charge is 2.38. The zero-order valence-electron chi connectivity index (χ0n) is 14.1. The highest BCUT2D eigenvalue weighted by atomic mass is 16.5. The van der Waals surface area contributed by atoms with Gasteiger partial charge < -0.3 is 14.9 Å². The second-order valence-electron chi connectivity index (χ2n) is 6.86. The summed E-state index contributed by atoms with van der Waals surface area (Å²) >= 11 is 0. The number of ether oxygens (including phenoxy) is 1. The van der Waals surface area contributed by atoms with Gasteiger partial charge in [-0.15, -0.1) is 0 Å². The van der Waals surface area contributed by atoms with Crippen LogP contribution in [0.3, 0.4) is 0 Å². The summed E-state index contributed by atoms with van der Waals surface area (Å²) in [7, 11) is 1.69. The van der Waals surface area contributed by atoms with Crippen molar-refractivity contribution in [2.45, 2.75) is 63.9 Å². The summed E-state index contributed by atoms with van der Waals surface area (Å²) in [6, 6.07) is 6.38. The third-order valence-electron chi connectivity index (χ3n) is 5.48. The average Bonchev–Trinajstić information content (AvgIpc) is 2.55. The van der Waals surface area contributed by atoms with Crippen LogP contribution in [0.25, 0.3) is 0 Å². The van der Waals surface area contributed by atoms with E-state index in [1.54, 1.807) is 7.11 Å². The summed E-state index contributed by atoms with van der Waals surface area (Å²) in [6.07, 6.45) is 5.84. The molecule has 0 bridgehead atoms. The first-order valence-electron chi connectivity index (χ1n) is 8.48. The normalized spacial score (nSPS) is 26.7. The molecule has 1 aliphatic rings. The van der Waals surface area contributed by atoms with Gasteiger partial charge in [-0.2, -0.15) is 0 Å². The Hall–Kier alpha value is -1.06. The van der Waals surface area contributed by atoms with Crippen molar-refractivity contribution < 1.29 is 14.9 Å². The molecule has 1 aromatic rings. The van der Waals surface area contributed by atoms with E-state index in [4.69, 9.17) is 4.74 Å². The molecule has 1 saturated carbocycles. The number of aryl methyl sites for hydroxylation is 1. The lowest BCUT2D eigenvalue weighted by Crippen LogP contribution is -2.36. The Morgan fingerprint density at radius 1 is 1.32 bits per heavy atom. The SMILES string of the molecule is CCC1CCC(CC(O)CO)(c2ccc(OC)c(C)c2)CC1. The summed E-state index contributed by atoms with van der Waals surface area (Å²) in [5, 5.41) is 19.3. The zero-order chi connectivity index (χ0) is 16.2. The summed E-state index contributed by atoms with van der Waals surface area (Å²) in [5.41, 5.74) is 2.41. The molecule has 0 heterocycles. The van der Waals surface area contributed by atoms with Gasteiger partial charge in [-0.1, -0.05) is 25.5 Å². The van der Waals surface area contributed by atoms with Gasteiger partial charge in [-0.3, -0.25) is 0 Å². The highest BCUT2D eigenvalue weighted by molar-refractivity contribution is 5.39. The molecule has 1 atom stereocenters. The number of aliphatic hydroxyl groups is 2. The molecular weight excluding hydrogens is 276 g/mol. The Labute approximate surface area is 134 Å². The van der Waals surface area contributed by atoms with Gasteiger partial charge in [0.1, 0.15) is 5.75 Å². The molecular formula is C19H30O3. The molecule has 1 fully saturated rings. The number of aliphatic hydroxyl groups excluding tert-OH is 2. The molecule has 0 aromatic heterocycles. The smallest absolute Gasteiger partial charge is 0.121 e. The van der Waals surface area contributed by atoms with E-state index in [9.17, 15) is 10.2 Å². The average molecular weight is 306 g/mol. The van der Waals surface area contributed by atoms with Crippen molar-refractivity contribution >= 4 is 0 Å². The van der Waals surface area contributed by atoms with Gasteiger partial charge >= 0.3 is 0 Å². The Morgan fingerprint density at radius 3 is 2.50 bits per heavy atom. The van der Waals surface area contributed by atoms with Crippen LogP contribution in [-0.2, 0) is 5.41 Å². The van der Waals surface area contributed by atoms with Crippen LogP contribution in [0.2, 0.25) is 0 Å². The molecule has 3 heteroatoms. The van der Waals surface area contributed by atoms with Gasteiger partial charge in [0.05, 0.1) is 19.8 Å². The molecule has 3 nitrogen and oxygen atoms in total. The maximum absolute atomic E-state index is 10.1. The Balaban J connectivity index is 2.30. The van der Waals surface area contributed by atoms with Gasteiger partial charge in [0.2, 0.25) is 0 Å². The molecule has 1 unspecified atom stereocenters. The second kappa shape index (κ2) is 7.47. The summed E-state index contributed by atoms with van der Waals surface area (Å²) in [4.78, 5) is 0. The first-order valence-corrected chi connectivity index (χ1v) is 8.48. The summed E-state index contributed by atoms with van der Waals surface area (Å²) in [6.45, 7) is 4.17. The van der Waals surface area contributed by atoms with Crippen molar-refractivity contribution in [3.05, 3.63) is 29.3 Å². The molecule has 0 radical (unpaired) electrons. The minimum atomic E-state index is -0.638. The largest absolute Gasteiger partial charge is 0.496 e. The van der Waals surface area contributed by atoms with Gasteiger partial charge in [0.25, 0.3) is 0 Å². The maximum Gasteiger partial charge on any atom is 0.121 e. The predicted molar refractivity (Wildman–Crippen MR) is 89.4 cm³/mol. The summed E-state index contributed by atoms with van der Waals surface area (Å²) in [5.74, 6) is 1.71. The third-order valence-corrected chi connectivity index (χ3v) is 5.48. The molecule has 2 N–H and O–H groups in total. The van der Waals surface area contributed by atoms with Crippen LogP contribution in [0, 0.1) is 12.8 Å². The molecule has 0 saturated heterocycles. The first kappa shape index (κ1) is 17.3. The summed E-state index contributed by atoms with van der Waals surface area (Å²) < 4.78 is 5.37. The van der Waals surface area contributed by atoms with Crippen LogP contribution in [0.15, 0.2) is 18.2 Å². The lowest BCUT2D eigenvalue weighted by molar-refractivity contribution is 0.0528. The standard InChI is InChI=1S/C19H30O3/c1-4-15-7-9-19(10-8-15,12-17(21)13-20)16-5-6-18(22-3)14(2)11-16/h5-6,11,15,17,20-21H,4,7-10,12-13H2,1-3H3. The number of methoxy groups -OCH3 is 1. The molecule has 2 rings (SSSR count). The van der Waals surface area contributed by atoms with Gasteiger partial charge in [-0.25, -0.2) is 0 Å². The van der Waals surface area contributed by atoms with Crippen LogP contribution in [0.5, 0.6) is 5.75 Å². The minimum absolute atomic E-state index is 0.00908. The van der Waals surface area contributed by atoms with E-state index < -0.39 is 6.10 Å². The monoisotopic (exact) mass is 306 g/mol. The van der Waals surface area contributed by atoms with Crippen LogP contribution in [0.4, 0.5) is 0 Å². The van der Waals surface area contributed by atoms with Gasteiger partial charge in [-0.05, 0) is 67.6 Å². The number of benzene rings is 1. The van der Waals surface area contributed by atoms with Crippen LogP contribution in [-0.4, -0.2) is 30.0 Å². The quantitative estimate of drug-likeness (QED) is 0.844. The third kappa shape index (κ3) is 3.64. The molecule has 1 aromatic carbocycles. The predicted octanol–water partition coefficient (Wildman–Crippen LogP) is 3.58. The van der Waals surface area contributed by atoms with E-state index in [0.29, 0.717) is 6.42 Å². The number of hydrogen-bond acceptors (Lipinski definition) is 3. The maximum atomic E-state index is 10.1. The van der Waals surface area contributed by atoms with Crippen molar-refractivity contribution in [2.75, 3.05) is 13.7 Å². The Morgan fingerprint density at radius 2 is 2.00 bits per heavy atom. The van der Waals surface area contributed by atoms with Crippen molar-refractivity contribution in [1.82, 2.24) is 0 Å². The fraction of sp³-hybridized carbons (Fsp3) is 0.684. The number of rotatable bonds is 6. The Kier molecular flexibility index (Phi) is 5.87. The molecule has 1 aliphatic carbocycles. The topological polar surface area (TPSA) is 49.7 Å².